The smallest absolute Gasteiger partial charge is 0.393 e. The maximum atomic E-state index is 9.79. The fourth-order valence-electron chi connectivity index (χ4n) is 0.654. The van der Waals surface area contributed by atoms with Gasteiger partial charge in [-0.25, -0.2) is 0 Å². The first-order chi connectivity index (χ1) is 5.58. The highest BCUT2D eigenvalue weighted by molar-refractivity contribution is 6.46. The molecule has 0 aliphatic heterocycles. The first-order valence-electron chi connectivity index (χ1n) is 4.45. The summed E-state index contributed by atoms with van der Waals surface area (Å²) in [6, 6.07) is 0. The van der Waals surface area contributed by atoms with Gasteiger partial charge in [-0.05, 0) is 41.6 Å². The van der Waals surface area contributed by atoms with Crippen molar-refractivity contribution in [1.82, 2.24) is 4.92 Å². The van der Waals surface area contributed by atoms with E-state index in [2.05, 4.69) is 0 Å². The summed E-state index contributed by atoms with van der Waals surface area (Å²) in [7, 11) is 1.51. The van der Waals surface area contributed by atoms with Crippen molar-refractivity contribution in [3.05, 3.63) is 0 Å². The molecular formula is C8H21BN2O2. The normalized spacial score (nSPS) is 13.6. The van der Waals surface area contributed by atoms with Gasteiger partial charge in [0.25, 0.3) is 0 Å². The molecule has 0 saturated carbocycles. The van der Waals surface area contributed by atoms with Crippen molar-refractivity contribution in [1.29, 1.82) is 0 Å². The number of hydrogen-bond acceptors (Lipinski definition) is 4. The lowest BCUT2D eigenvalue weighted by atomic mass is 9.81. The average molecular weight is 188 g/mol. The lowest BCUT2D eigenvalue weighted by molar-refractivity contribution is -0.0968. The molecule has 0 atom stereocenters. The number of nitrogens with two attached hydrogens (primary N) is 1. The van der Waals surface area contributed by atoms with E-state index < -0.39 is 11.2 Å². The molecule has 0 aliphatic rings. The van der Waals surface area contributed by atoms with Gasteiger partial charge in [-0.2, -0.15) is 0 Å². The Labute approximate surface area is 81.2 Å². The van der Waals surface area contributed by atoms with Gasteiger partial charge in [-0.3, -0.25) is 10.8 Å². The summed E-state index contributed by atoms with van der Waals surface area (Å²) in [5.74, 6) is 5.51. The highest BCUT2D eigenvalue weighted by Gasteiger charge is 2.38. The van der Waals surface area contributed by atoms with Gasteiger partial charge in [-0.1, -0.05) is 0 Å². The van der Waals surface area contributed by atoms with E-state index in [0.29, 0.717) is 0 Å². The van der Waals surface area contributed by atoms with Crippen molar-refractivity contribution >= 4 is 7.05 Å². The molecule has 0 rings (SSSR count). The van der Waals surface area contributed by atoms with Crippen LogP contribution in [0.1, 0.15) is 27.7 Å². The van der Waals surface area contributed by atoms with Crippen molar-refractivity contribution in [2.45, 2.75) is 45.7 Å². The molecule has 0 aromatic heterocycles. The molecule has 0 spiro atoms. The second-order valence-corrected chi connectivity index (χ2v) is 4.45. The molecular weight excluding hydrogens is 167 g/mol. The number of hydrogen-bond donors (Lipinski definition) is 2. The molecule has 3 N–H and O–H groups in total. The maximum Gasteiger partial charge on any atom is 0.393 e. The first kappa shape index (κ1) is 12.9. The Kier molecular flexibility index (Phi) is 3.93. The Morgan fingerprint density at radius 3 is 1.92 bits per heavy atom. The summed E-state index contributed by atoms with van der Waals surface area (Å²) in [6.45, 7) is 8.96. The van der Waals surface area contributed by atoms with E-state index in [1.165, 1.54) is 4.92 Å². The largest absolute Gasteiger partial charge is 0.413 e. The second kappa shape index (κ2) is 3.96. The molecule has 0 aromatic carbocycles. The van der Waals surface area contributed by atoms with Crippen LogP contribution in [0, 0.1) is 0 Å². The van der Waals surface area contributed by atoms with Gasteiger partial charge in [-0.15, -0.1) is 0 Å². The number of nitrogens with zero attached hydrogens (tertiary/aromatic N) is 1. The number of hydrazine groups is 1. The van der Waals surface area contributed by atoms with E-state index in [1.807, 2.05) is 20.7 Å². The Hall–Kier alpha value is -0.0951. The third-order valence-electron chi connectivity index (χ3n) is 2.51. The summed E-state index contributed by atoms with van der Waals surface area (Å²) in [4.78, 5) is 1.47. The van der Waals surface area contributed by atoms with Crippen molar-refractivity contribution in [2.24, 2.45) is 5.84 Å². The van der Waals surface area contributed by atoms with Gasteiger partial charge >= 0.3 is 7.05 Å². The molecule has 0 radical (unpaired) electrons. The van der Waals surface area contributed by atoms with E-state index in [-0.39, 0.29) is 7.05 Å². The van der Waals surface area contributed by atoms with Gasteiger partial charge in [0.2, 0.25) is 0 Å². The molecule has 0 aliphatic carbocycles. The zero-order valence-electron chi connectivity index (χ0n) is 9.46. The molecule has 0 aromatic rings. The Balaban J connectivity index is 4.34. The lowest BCUT2D eigenvalue weighted by Gasteiger charge is -2.39. The van der Waals surface area contributed by atoms with Crippen LogP contribution >= 0.6 is 0 Å². The van der Waals surface area contributed by atoms with Crippen molar-refractivity contribution in [3.63, 3.8) is 0 Å². The van der Waals surface area contributed by atoms with Gasteiger partial charge < -0.3 is 9.76 Å². The molecule has 13 heavy (non-hydrogen) atoms. The molecule has 0 bridgehead atoms. The lowest BCUT2D eigenvalue weighted by Crippen LogP contribution is -2.54. The van der Waals surface area contributed by atoms with E-state index in [1.54, 1.807) is 20.9 Å². The summed E-state index contributed by atoms with van der Waals surface area (Å²) in [5, 5.41) is 9.79. The highest BCUT2D eigenvalue weighted by Crippen LogP contribution is 2.25. The van der Waals surface area contributed by atoms with Crippen LogP contribution < -0.4 is 5.84 Å². The first-order valence-corrected chi connectivity index (χ1v) is 4.45. The van der Waals surface area contributed by atoms with Crippen LogP contribution in [0.2, 0.25) is 6.82 Å². The predicted octanol–water partition coefficient (Wildman–Crippen LogP) is 0.476. The standard InChI is InChI=1S/C8H21BN2O2/c1-7(2,12)8(3,4)13-9(5)11(6)10/h12H,10H2,1-6H3. The Bertz CT molecular complexity index is 166. The van der Waals surface area contributed by atoms with Crippen LogP contribution in [0.4, 0.5) is 0 Å². The van der Waals surface area contributed by atoms with E-state index in [4.69, 9.17) is 10.5 Å². The molecule has 5 heteroatoms. The molecule has 0 fully saturated rings. The SMILES string of the molecule is CB(OC(C)(C)C(C)(C)O)N(C)N. The van der Waals surface area contributed by atoms with Crippen molar-refractivity contribution in [3.8, 4) is 0 Å². The molecule has 0 heterocycles. The predicted molar refractivity (Wildman–Crippen MR) is 55.0 cm³/mol. The van der Waals surface area contributed by atoms with Crippen LogP contribution in [0.25, 0.3) is 0 Å². The highest BCUT2D eigenvalue weighted by atomic mass is 16.5. The third kappa shape index (κ3) is 3.64. The number of aliphatic hydroxyl groups is 1. The number of rotatable bonds is 4. The van der Waals surface area contributed by atoms with Crippen LogP contribution in [0.15, 0.2) is 0 Å². The van der Waals surface area contributed by atoms with Gasteiger partial charge in [0.1, 0.15) is 0 Å². The zero-order chi connectivity index (χ0) is 10.9. The summed E-state index contributed by atoms with van der Waals surface area (Å²) >= 11 is 0. The van der Waals surface area contributed by atoms with Gasteiger partial charge in [0.05, 0.1) is 11.2 Å². The molecule has 78 valence electrons. The molecule has 4 nitrogen and oxygen atoms in total. The van der Waals surface area contributed by atoms with E-state index in [0.717, 1.165) is 0 Å². The van der Waals surface area contributed by atoms with Crippen LogP contribution in [0.5, 0.6) is 0 Å². The quantitative estimate of drug-likeness (QED) is 0.382. The third-order valence-corrected chi connectivity index (χ3v) is 2.51. The van der Waals surface area contributed by atoms with E-state index >= 15 is 0 Å². The minimum Gasteiger partial charge on any atom is -0.413 e. The summed E-state index contributed by atoms with van der Waals surface area (Å²) in [6.07, 6.45) is 0. The van der Waals surface area contributed by atoms with Crippen molar-refractivity contribution < 1.29 is 9.76 Å². The molecule has 0 amide bonds. The Morgan fingerprint density at radius 1 is 1.31 bits per heavy atom. The van der Waals surface area contributed by atoms with Gasteiger partial charge in [0, 0.05) is 0 Å². The minimum atomic E-state index is -0.892. The van der Waals surface area contributed by atoms with E-state index in [9.17, 15) is 5.11 Å². The maximum absolute atomic E-state index is 9.79. The Morgan fingerprint density at radius 2 is 1.69 bits per heavy atom. The summed E-state index contributed by atoms with van der Waals surface area (Å²) in [5.41, 5.74) is -1.52. The van der Waals surface area contributed by atoms with Crippen LogP contribution in [-0.4, -0.2) is 35.3 Å². The van der Waals surface area contributed by atoms with Crippen molar-refractivity contribution in [2.75, 3.05) is 7.05 Å². The second-order valence-electron chi connectivity index (χ2n) is 4.45. The molecule has 0 saturated heterocycles. The minimum absolute atomic E-state index is 0.221. The van der Waals surface area contributed by atoms with Gasteiger partial charge in [0.15, 0.2) is 0 Å². The fourth-order valence-corrected chi connectivity index (χ4v) is 0.654. The molecule has 0 unspecified atom stereocenters. The average Bonchev–Trinajstić information content (AvgIpc) is 1.83. The van der Waals surface area contributed by atoms with Crippen LogP contribution in [0.3, 0.4) is 0 Å². The topological polar surface area (TPSA) is 58.7 Å². The monoisotopic (exact) mass is 188 g/mol. The fraction of sp³-hybridized carbons (Fsp3) is 1.00. The van der Waals surface area contributed by atoms with Crippen LogP contribution in [-0.2, 0) is 4.65 Å². The zero-order valence-corrected chi connectivity index (χ0v) is 9.46. The summed E-state index contributed by atoms with van der Waals surface area (Å²) < 4.78 is 5.61.